The summed E-state index contributed by atoms with van der Waals surface area (Å²) in [4.78, 5) is 11.9. The van der Waals surface area contributed by atoms with E-state index in [4.69, 9.17) is 9.47 Å². The van der Waals surface area contributed by atoms with Crippen LogP contribution >= 0.6 is 15.9 Å². The monoisotopic (exact) mass is 709 g/mol. The summed E-state index contributed by atoms with van der Waals surface area (Å²) >= 11 is 3.40. The molecular weight excluding hydrogens is 666 g/mol. The zero-order valence-corrected chi connectivity index (χ0v) is 29.4. The van der Waals surface area contributed by atoms with Gasteiger partial charge < -0.3 is 14.6 Å². The van der Waals surface area contributed by atoms with Gasteiger partial charge in [0.15, 0.2) is 6.61 Å². The Morgan fingerprint density at radius 2 is 1.76 bits per heavy atom. The van der Waals surface area contributed by atoms with E-state index in [-0.39, 0.29) is 23.4 Å². The van der Waals surface area contributed by atoms with Gasteiger partial charge in [-0.3, -0.25) is 0 Å². The number of hydrogen-bond donors (Lipinski definition) is 1. The van der Waals surface area contributed by atoms with Crippen LogP contribution in [0.1, 0.15) is 74.3 Å². The Kier molecular flexibility index (Phi) is 10.5. The second kappa shape index (κ2) is 14.0. The average Bonchev–Trinajstić information content (AvgIpc) is 3.01. The molecule has 3 atom stereocenters. The van der Waals surface area contributed by atoms with Gasteiger partial charge in [-0.2, -0.15) is 4.31 Å². The van der Waals surface area contributed by atoms with Gasteiger partial charge in [0.1, 0.15) is 5.75 Å². The van der Waals surface area contributed by atoms with Gasteiger partial charge in [-0.15, -0.1) is 0 Å². The third kappa shape index (κ3) is 7.28. The normalized spacial score (nSPS) is 21.7. The second-order valence-corrected chi connectivity index (χ2v) is 16.1. The number of halogens is 1. The first-order chi connectivity index (χ1) is 21.8. The molecule has 2 fully saturated rings. The summed E-state index contributed by atoms with van der Waals surface area (Å²) in [7, 11) is -3.64. The lowest BCUT2D eigenvalue weighted by Gasteiger charge is -2.54. The van der Waals surface area contributed by atoms with Gasteiger partial charge in [-0.05, 0) is 92.5 Å². The highest BCUT2D eigenvalue weighted by atomic mass is 79.9. The minimum atomic E-state index is -3.64. The number of hydrogen-bond acceptors (Lipinski definition) is 5. The lowest BCUT2D eigenvalue weighted by molar-refractivity contribution is -0.166. The zero-order chi connectivity index (χ0) is 33.2. The van der Waals surface area contributed by atoms with Crippen LogP contribution in [0, 0.1) is 18.3 Å². The Bertz CT molecular complexity index is 1660. The van der Waals surface area contributed by atoms with Crippen molar-refractivity contribution >= 4 is 31.9 Å². The van der Waals surface area contributed by atoms with Gasteiger partial charge in [0.25, 0.3) is 0 Å². The highest BCUT2D eigenvalue weighted by Gasteiger charge is 2.52. The largest absolute Gasteiger partial charge is 0.482 e. The van der Waals surface area contributed by atoms with E-state index < -0.39 is 28.7 Å². The molecule has 246 valence electrons. The average molecular weight is 711 g/mol. The molecule has 1 N–H and O–H groups in total. The number of carboxylic acids is 1. The number of piperidine rings is 1. The minimum absolute atomic E-state index is 0.0718. The van der Waals surface area contributed by atoms with Crippen molar-refractivity contribution in [3.8, 4) is 5.75 Å². The molecule has 0 bridgehead atoms. The zero-order valence-electron chi connectivity index (χ0n) is 27.0. The number of aliphatic carboxylic acids is 1. The molecule has 0 amide bonds. The Morgan fingerprint density at radius 3 is 2.35 bits per heavy atom. The number of carboxylic acid groups (broad SMARTS) is 1. The fraction of sp³-hybridized carbons (Fsp3) is 0.432. The first-order valence-electron chi connectivity index (χ1n) is 15.9. The third-order valence-corrected chi connectivity index (χ3v) is 12.2. The number of benzene rings is 3. The Balaban J connectivity index is 1.52. The molecular formula is C37H44BrNO6S. The minimum Gasteiger partial charge on any atom is -0.482 e. The van der Waals surface area contributed by atoms with Crippen LogP contribution in [-0.4, -0.2) is 49.6 Å². The van der Waals surface area contributed by atoms with Gasteiger partial charge in [-0.25, -0.2) is 13.2 Å². The SMILES string of the molecule is C=C(C)[C@@H]1CC2(CCN(S(=O)(=O)c3ccc(Br)cc3)CC2)[C@@H](Cc2ccccc2)O[C@H]1c1c(C)cc(C(C)C)cc1OCC(=O)O. The van der Waals surface area contributed by atoms with E-state index >= 15 is 0 Å². The fourth-order valence-corrected chi connectivity index (χ4v) is 8.80. The van der Waals surface area contributed by atoms with Crippen molar-refractivity contribution in [1.29, 1.82) is 0 Å². The molecule has 9 heteroatoms. The maximum atomic E-state index is 13.6. The number of rotatable bonds is 10. The number of aryl methyl sites for hydroxylation is 1. The number of sulfonamides is 1. The highest BCUT2D eigenvalue weighted by molar-refractivity contribution is 9.10. The quantitative estimate of drug-likeness (QED) is 0.214. The standard InChI is InChI=1S/C37H44BrNO6S/c1-24(2)28-19-26(5)35(32(21-28)44-23-34(40)41)36-31(25(3)4)22-37(33(45-36)20-27-9-7-6-8-10-27)15-17-39(18-16-37)46(42,43)30-13-11-29(38)12-14-30/h6-14,19,21,24,31,33,36H,3,15-18,20,22-23H2,1-2,4-5H3,(H,40,41)/t31-,33+,36+/m0/s1. The molecule has 1 spiro atoms. The summed E-state index contributed by atoms with van der Waals surface area (Å²) in [5, 5.41) is 9.48. The summed E-state index contributed by atoms with van der Waals surface area (Å²) < 4.78 is 42.9. The van der Waals surface area contributed by atoms with Gasteiger partial charge in [0.2, 0.25) is 10.0 Å². The molecule has 0 radical (unpaired) electrons. The summed E-state index contributed by atoms with van der Waals surface area (Å²) in [6, 6.07) is 21.2. The van der Waals surface area contributed by atoms with Crippen molar-refractivity contribution in [3.05, 3.63) is 106 Å². The fourth-order valence-electron chi connectivity index (χ4n) is 7.09. The van der Waals surface area contributed by atoms with Crippen LogP contribution in [0.2, 0.25) is 0 Å². The Labute approximate surface area is 281 Å². The van der Waals surface area contributed by atoms with E-state index in [1.807, 2.05) is 38.1 Å². The molecule has 46 heavy (non-hydrogen) atoms. The molecule has 2 aliphatic heterocycles. The third-order valence-electron chi connectivity index (χ3n) is 9.73. The summed E-state index contributed by atoms with van der Waals surface area (Å²) in [5.74, 6) is -0.341. The lowest BCUT2D eigenvalue weighted by atomic mass is 9.63. The molecule has 0 aromatic heterocycles. The van der Waals surface area contributed by atoms with Crippen LogP contribution in [0.5, 0.6) is 5.75 Å². The van der Waals surface area contributed by atoms with Crippen LogP contribution in [0.3, 0.4) is 0 Å². The molecule has 2 saturated heterocycles. The van der Waals surface area contributed by atoms with E-state index in [1.165, 1.54) is 0 Å². The molecule has 3 aromatic carbocycles. The predicted molar refractivity (Wildman–Crippen MR) is 184 cm³/mol. The number of nitrogens with zero attached hydrogens (tertiary/aromatic N) is 1. The van der Waals surface area contributed by atoms with Gasteiger partial charge in [0.05, 0.1) is 17.1 Å². The molecule has 2 heterocycles. The van der Waals surface area contributed by atoms with E-state index in [1.54, 1.807) is 28.6 Å². The van der Waals surface area contributed by atoms with E-state index in [0.717, 1.165) is 38.7 Å². The smallest absolute Gasteiger partial charge is 0.341 e. The number of ether oxygens (including phenoxy) is 2. The maximum absolute atomic E-state index is 13.6. The predicted octanol–water partition coefficient (Wildman–Crippen LogP) is 8.08. The second-order valence-electron chi connectivity index (χ2n) is 13.2. The number of carbonyl (C=O) groups is 1. The summed E-state index contributed by atoms with van der Waals surface area (Å²) in [6.45, 7) is 13.0. The molecule has 0 aliphatic carbocycles. The van der Waals surface area contributed by atoms with E-state index in [2.05, 4.69) is 54.6 Å². The van der Waals surface area contributed by atoms with Crippen molar-refractivity contribution in [2.75, 3.05) is 19.7 Å². The first-order valence-corrected chi connectivity index (χ1v) is 18.1. The van der Waals surface area contributed by atoms with Crippen LogP contribution in [0.15, 0.2) is 88.3 Å². The van der Waals surface area contributed by atoms with Crippen molar-refractivity contribution in [2.24, 2.45) is 11.3 Å². The van der Waals surface area contributed by atoms with Crippen LogP contribution in [0.25, 0.3) is 0 Å². The molecule has 3 aromatic rings. The van der Waals surface area contributed by atoms with Crippen molar-refractivity contribution < 1.29 is 27.8 Å². The van der Waals surface area contributed by atoms with Crippen molar-refractivity contribution in [1.82, 2.24) is 4.31 Å². The van der Waals surface area contributed by atoms with Crippen LogP contribution in [0.4, 0.5) is 0 Å². The molecule has 0 saturated carbocycles. The van der Waals surface area contributed by atoms with Crippen molar-refractivity contribution in [2.45, 2.75) is 76.4 Å². The maximum Gasteiger partial charge on any atom is 0.341 e. The Hall–Kier alpha value is -2.98. The molecule has 0 unspecified atom stereocenters. The van der Waals surface area contributed by atoms with Crippen LogP contribution < -0.4 is 4.74 Å². The van der Waals surface area contributed by atoms with Gasteiger partial charge >= 0.3 is 5.97 Å². The van der Waals surface area contributed by atoms with Crippen LogP contribution in [-0.2, 0) is 26.0 Å². The first kappa shape index (κ1) is 34.4. The molecule has 7 nitrogen and oxygen atoms in total. The highest BCUT2D eigenvalue weighted by Crippen LogP contribution is 2.55. The summed E-state index contributed by atoms with van der Waals surface area (Å²) in [5.41, 5.74) is 4.77. The summed E-state index contributed by atoms with van der Waals surface area (Å²) in [6.07, 6.45) is 2.17. The van der Waals surface area contributed by atoms with Gasteiger partial charge in [-0.1, -0.05) is 78.3 Å². The van der Waals surface area contributed by atoms with E-state index in [0.29, 0.717) is 43.0 Å². The molecule has 5 rings (SSSR count). The Morgan fingerprint density at radius 1 is 1.11 bits per heavy atom. The van der Waals surface area contributed by atoms with E-state index in [9.17, 15) is 18.3 Å². The van der Waals surface area contributed by atoms with Crippen molar-refractivity contribution in [3.63, 3.8) is 0 Å². The topological polar surface area (TPSA) is 93.1 Å². The van der Waals surface area contributed by atoms with Gasteiger partial charge in [0, 0.05) is 34.5 Å². The lowest BCUT2D eigenvalue weighted by Crippen LogP contribution is -2.53. The molecule has 2 aliphatic rings.